The molecule has 0 nitrogen and oxygen atoms in total. The molecule has 0 aromatic heterocycles. The summed E-state index contributed by atoms with van der Waals surface area (Å²) in [6.45, 7) is 3.40. The molecule has 0 unspecified atom stereocenters. The molecule has 32 valence electrons. The van der Waals surface area contributed by atoms with Crippen LogP contribution in [-0.2, 0) is 0 Å². The lowest BCUT2D eigenvalue weighted by Crippen LogP contribution is -1.45. The van der Waals surface area contributed by atoms with E-state index in [0.29, 0.717) is 0 Å². The van der Waals surface area contributed by atoms with Crippen molar-refractivity contribution in [2.24, 2.45) is 0 Å². The second kappa shape index (κ2) is 8.85. The second-order valence-electron chi connectivity index (χ2n) is 0.471. The van der Waals surface area contributed by atoms with Gasteiger partial charge in [-0.2, -0.15) is 12.6 Å². The summed E-state index contributed by atoms with van der Waals surface area (Å²) in [6, 6.07) is 0. The quantitative estimate of drug-likeness (QED) is 0.264. The summed E-state index contributed by atoms with van der Waals surface area (Å²) in [7, 11) is 0. The molecule has 0 aromatic carbocycles. The molecule has 0 saturated carbocycles. The van der Waals surface area contributed by atoms with Gasteiger partial charge in [0.2, 0.25) is 0 Å². The highest BCUT2D eigenvalue weighted by molar-refractivity contribution is 7.80. The van der Waals surface area contributed by atoms with Gasteiger partial charge in [-0.25, -0.2) is 0 Å². The minimum absolute atomic E-state index is 0. The van der Waals surface area contributed by atoms with E-state index in [2.05, 4.69) is 19.2 Å². The van der Waals surface area contributed by atoms with Crippen molar-refractivity contribution in [2.75, 3.05) is 5.75 Å². The summed E-state index contributed by atoms with van der Waals surface area (Å²) < 4.78 is 0. The van der Waals surface area contributed by atoms with E-state index < -0.39 is 0 Å². The van der Waals surface area contributed by atoms with Crippen molar-refractivity contribution < 1.29 is 0 Å². The molecule has 0 amide bonds. The highest BCUT2D eigenvalue weighted by Gasteiger charge is 1.45. The van der Waals surface area contributed by atoms with Crippen molar-refractivity contribution >= 4 is 23.6 Å². The first-order chi connectivity index (χ1) is 1.91. The van der Waals surface area contributed by atoms with Crippen LogP contribution in [0.5, 0.6) is 0 Å². The van der Waals surface area contributed by atoms with Crippen LogP contribution >= 0.6 is 12.6 Å². The van der Waals surface area contributed by atoms with Crippen LogP contribution in [0.15, 0.2) is 12.7 Å². The molecule has 0 spiro atoms. The van der Waals surface area contributed by atoms with Crippen LogP contribution in [0.4, 0.5) is 0 Å². The number of rotatable bonds is 1. The minimum Gasteiger partial charge on any atom is -0.175 e. The summed E-state index contributed by atoms with van der Waals surface area (Å²) in [5, 5.41) is 0. The lowest BCUT2D eigenvalue weighted by molar-refractivity contribution is 1.85. The Morgan fingerprint density at radius 2 is 2.00 bits per heavy atom. The molecule has 0 radical (unpaired) electrons. The fraction of sp³-hybridized carbons (Fsp3) is 0.333. The summed E-state index contributed by atoms with van der Waals surface area (Å²) in [5.41, 5.74) is 0. The van der Waals surface area contributed by atoms with Crippen LogP contribution in [0.3, 0.4) is 0 Å². The van der Waals surface area contributed by atoms with Crippen molar-refractivity contribution in [1.29, 1.82) is 0 Å². The van der Waals surface area contributed by atoms with Crippen LogP contribution in [0.25, 0.3) is 0 Å². The van der Waals surface area contributed by atoms with E-state index in [-0.39, 0.29) is 11.0 Å². The molecule has 0 bridgehead atoms. The average Bonchev–Trinajstić information content (AvgIpc) is 1.37. The first-order valence-electron chi connectivity index (χ1n) is 1.13. The average molecular weight is 106 g/mol. The Labute approximate surface area is 42.7 Å². The molecule has 0 aliphatic rings. The van der Waals surface area contributed by atoms with Gasteiger partial charge < -0.3 is 0 Å². The van der Waals surface area contributed by atoms with Crippen LogP contribution in [-0.4, -0.2) is 16.7 Å². The van der Waals surface area contributed by atoms with Gasteiger partial charge in [0, 0.05) is 5.75 Å². The molecular formula is C3H10SSi. The third-order valence-electron chi connectivity index (χ3n) is 0.129. The monoisotopic (exact) mass is 106 g/mol. The largest absolute Gasteiger partial charge is 0.175 e. The number of hydrogen-bond donors (Lipinski definition) is 1. The van der Waals surface area contributed by atoms with Crippen LogP contribution in [0, 0.1) is 0 Å². The predicted octanol–water partition coefficient (Wildman–Crippen LogP) is -0.349. The van der Waals surface area contributed by atoms with E-state index in [1.165, 1.54) is 0 Å². The second-order valence-corrected chi connectivity index (χ2v) is 0.836. The van der Waals surface area contributed by atoms with Gasteiger partial charge in [-0.15, -0.1) is 6.58 Å². The van der Waals surface area contributed by atoms with Crippen LogP contribution in [0.2, 0.25) is 0 Å². The molecule has 0 fully saturated rings. The SMILES string of the molecule is C=CCS.[SiH4]. The molecule has 0 heterocycles. The van der Waals surface area contributed by atoms with E-state index in [4.69, 9.17) is 0 Å². The van der Waals surface area contributed by atoms with Gasteiger partial charge in [-0.3, -0.25) is 0 Å². The Bertz CT molecular complexity index is 20.9. The van der Waals surface area contributed by atoms with Gasteiger partial charge in [0.1, 0.15) is 0 Å². The summed E-state index contributed by atoms with van der Waals surface area (Å²) >= 11 is 3.80. The molecule has 0 aliphatic carbocycles. The van der Waals surface area contributed by atoms with Gasteiger partial charge in [-0.1, -0.05) is 6.08 Å². The van der Waals surface area contributed by atoms with Crippen molar-refractivity contribution in [1.82, 2.24) is 0 Å². The fourth-order valence-electron chi connectivity index (χ4n) is 0. The Balaban J connectivity index is 0. The lowest BCUT2D eigenvalue weighted by Gasteiger charge is -1.57. The molecule has 5 heavy (non-hydrogen) atoms. The first-order valence-corrected chi connectivity index (χ1v) is 1.77. The summed E-state index contributed by atoms with van der Waals surface area (Å²) in [6.07, 6.45) is 1.74. The standard InChI is InChI=1S/C3H6S.H4Si/c1-2-3-4;/h2,4H,1,3H2;1H4. The Morgan fingerprint density at radius 1 is 1.80 bits per heavy atom. The van der Waals surface area contributed by atoms with E-state index in [0.717, 1.165) is 5.75 Å². The summed E-state index contributed by atoms with van der Waals surface area (Å²) in [5.74, 6) is 0.778. The zero-order chi connectivity index (χ0) is 3.41. The molecule has 0 saturated heterocycles. The highest BCUT2D eigenvalue weighted by Crippen LogP contribution is 1.65. The van der Waals surface area contributed by atoms with Gasteiger partial charge in [0.25, 0.3) is 0 Å². The maximum Gasteiger partial charge on any atom is 0.00799 e. The predicted molar refractivity (Wildman–Crippen MR) is 35.4 cm³/mol. The van der Waals surface area contributed by atoms with Crippen molar-refractivity contribution in [3.8, 4) is 0 Å². The Kier molecular flexibility index (Phi) is 15.9. The Morgan fingerprint density at radius 3 is 2.00 bits per heavy atom. The fourth-order valence-corrected chi connectivity index (χ4v) is 0. The van der Waals surface area contributed by atoms with E-state index >= 15 is 0 Å². The zero-order valence-corrected chi connectivity index (χ0v) is 3.33. The van der Waals surface area contributed by atoms with E-state index in [1.807, 2.05) is 0 Å². The van der Waals surface area contributed by atoms with Gasteiger partial charge in [-0.05, 0) is 11.0 Å². The highest BCUT2D eigenvalue weighted by atomic mass is 32.1. The molecular weight excluding hydrogens is 96.2 g/mol. The molecule has 0 aromatic rings. The van der Waals surface area contributed by atoms with Crippen LogP contribution in [0.1, 0.15) is 0 Å². The molecule has 0 N–H and O–H groups in total. The minimum atomic E-state index is 0. The molecule has 0 rings (SSSR count). The number of thiol groups is 1. The summed E-state index contributed by atoms with van der Waals surface area (Å²) in [4.78, 5) is 0. The molecule has 2 heteroatoms. The van der Waals surface area contributed by atoms with Crippen molar-refractivity contribution in [3.05, 3.63) is 12.7 Å². The third kappa shape index (κ3) is 13.4. The van der Waals surface area contributed by atoms with Gasteiger partial charge >= 0.3 is 0 Å². The maximum atomic E-state index is 3.80. The van der Waals surface area contributed by atoms with E-state index in [1.54, 1.807) is 6.08 Å². The van der Waals surface area contributed by atoms with E-state index in [9.17, 15) is 0 Å². The van der Waals surface area contributed by atoms with Crippen molar-refractivity contribution in [3.63, 3.8) is 0 Å². The zero-order valence-electron chi connectivity index (χ0n) is 2.44. The van der Waals surface area contributed by atoms with Gasteiger partial charge in [0.05, 0.1) is 0 Å². The third-order valence-corrected chi connectivity index (χ3v) is 0.387. The molecule has 0 aliphatic heterocycles. The van der Waals surface area contributed by atoms with Crippen molar-refractivity contribution in [2.45, 2.75) is 0 Å². The first kappa shape index (κ1) is 9.00. The van der Waals surface area contributed by atoms with Crippen LogP contribution < -0.4 is 0 Å². The smallest absolute Gasteiger partial charge is 0.00799 e. The lowest BCUT2D eigenvalue weighted by atomic mass is 10.8. The maximum absolute atomic E-state index is 3.80. The van der Waals surface area contributed by atoms with Gasteiger partial charge in [0.15, 0.2) is 0 Å². The number of hydrogen-bond acceptors (Lipinski definition) is 1. The Hall–Kier alpha value is 0.307. The molecule has 0 atom stereocenters. The topological polar surface area (TPSA) is 0 Å². The normalized spacial score (nSPS) is 5.00.